The van der Waals surface area contributed by atoms with E-state index in [1.807, 2.05) is 12.3 Å². The average Bonchev–Trinajstić information content (AvgIpc) is 2.35. The number of anilines is 1. The van der Waals surface area contributed by atoms with Gasteiger partial charge in [0, 0.05) is 37.3 Å². The molecule has 4 heteroatoms. The summed E-state index contributed by atoms with van der Waals surface area (Å²) in [5, 5.41) is 0. The van der Waals surface area contributed by atoms with Gasteiger partial charge in [0.2, 0.25) is 0 Å². The van der Waals surface area contributed by atoms with Gasteiger partial charge in [-0.25, -0.2) is 4.98 Å². The summed E-state index contributed by atoms with van der Waals surface area (Å²) in [6.45, 7) is 6.57. The second-order valence-corrected chi connectivity index (χ2v) is 5.19. The number of nitrogens with zero attached hydrogens (tertiary/aromatic N) is 3. The molecule has 0 spiro atoms. The van der Waals surface area contributed by atoms with Crippen LogP contribution < -0.4 is 4.90 Å². The molecule has 0 aromatic carbocycles. The van der Waals surface area contributed by atoms with Crippen LogP contribution in [-0.2, 0) is 5.88 Å². The summed E-state index contributed by atoms with van der Waals surface area (Å²) in [6.07, 6.45) is 1.85. The molecule has 0 bridgehead atoms. The molecule has 0 radical (unpaired) electrons. The Labute approximate surface area is 108 Å². The number of aromatic nitrogens is 1. The fraction of sp³-hybridized carbons (Fsp3) is 0.615. The Balaban J connectivity index is 2.16. The van der Waals surface area contributed by atoms with E-state index in [0.717, 1.165) is 24.5 Å². The number of pyridine rings is 1. The molecule has 1 aliphatic rings. The molecule has 0 saturated carbocycles. The maximum atomic E-state index is 5.86. The number of hydrogen-bond donors (Lipinski definition) is 0. The summed E-state index contributed by atoms with van der Waals surface area (Å²) in [5.41, 5.74) is 1.14. The number of likely N-dealkylation sites (N-methyl/N-ethyl adjacent to an activating group) is 1. The van der Waals surface area contributed by atoms with Crippen LogP contribution in [0, 0.1) is 0 Å². The molecule has 1 aliphatic heterocycles. The Morgan fingerprint density at radius 2 is 2.00 bits per heavy atom. The molecule has 2 atom stereocenters. The SMILES string of the molecule is CC1CN(c2cc(CCl)ccn2)CC(C)N1C. The van der Waals surface area contributed by atoms with Crippen LogP contribution in [0.1, 0.15) is 19.4 Å². The largest absolute Gasteiger partial charge is 0.353 e. The third-order valence-corrected chi connectivity index (χ3v) is 3.96. The topological polar surface area (TPSA) is 19.4 Å². The Kier molecular flexibility index (Phi) is 3.89. The Morgan fingerprint density at radius 3 is 2.59 bits per heavy atom. The molecule has 1 aromatic heterocycles. The molecule has 2 unspecified atom stereocenters. The fourth-order valence-electron chi connectivity index (χ4n) is 2.31. The minimum atomic E-state index is 0.550. The quantitative estimate of drug-likeness (QED) is 0.755. The number of rotatable bonds is 2. The molecule has 3 nitrogen and oxygen atoms in total. The van der Waals surface area contributed by atoms with Gasteiger partial charge in [0.15, 0.2) is 0 Å². The minimum Gasteiger partial charge on any atom is -0.353 e. The van der Waals surface area contributed by atoms with E-state index < -0.39 is 0 Å². The lowest BCUT2D eigenvalue weighted by Crippen LogP contribution is -2.55. The van der Waals surface area contributed by atoms with Gasteiger partial charge in [0.25, 0.3) is 0 Å². The predicted molar refractivity (Wildman–Crippen MR) is 72.7 cm³/mol. The van der Waals surface area contributed by atoms with Crippen LogP contribution in [0.2, 0.25) is 0 Å². The van der Waals surface area contributed by atoms with Gasteiger partial charge < -0.3 is 4.90 Å². The van der Waals surface area contributed by atoms with Gasteiger partial charge in [-0.1, -0.05) is 0 Å². The first-order chi connectivity index (χ1) is 8.11. The minimum absolute atomic E-state index is 0.550. The fourth-order valence-corrected chi connectivity index (χ4v) is 2.47. The van der Waals surface area contributed by atoms with Gasteiger partial charge in [0.1, 0.15) is 5.82 Å². The standard InChI is InChI=1S/C13H20ClN3/c1-10-8-17(9-11(2)16(10)3)13-6-12(7-14)4-5-15-13/h4-6,10-11H,7-9H2,1-3H3. The van der Waals surface area contributed by atoms with Gasteiger partial charge in [-0.2, -0.15) is 0 Å². The van der Waals surface area contributed by atoms with E-state index in [4.69, 9.17) is 11.6 Å². The van der Waals surface area contributed by atoms with E-state index in [0.29, 0.717) is 18.0 Å². The summed E-state index contributed by atoms with van der Waals surface area (Å²) in [6, 6.07) is 5.18. The molecule has 1 aromatic rings. The lowest BCUT2D eigenvalue weighted by Gasteiger charge is -2.43. The van der Waals surface area contributed by atoms with Crippen LogP contribution in [-0.4, -0.2) is 42.1 Å². The van der Waals surface area contributed by atoms with Gasteiger partial charge in [-0.05, 0) is 38.6 Å². The number of piperazine rings is 1. The van der Waals surface area contributed by atoms with Crippen molar-refractivity contribution in [2.45, 2.75) is 31.8 Å². The molecule has 2 heterocycles. The first-order valence-electron chi connectivity index (χ1n) is 6.09. The highest BCUT2D eigenvalue weighted by Gasteiger charge is 2.27. The molecular weight excluding hydrogens is 234 g/mol. The average molecular weight is 254 g/mol. The van der Waals surface area contributed by atoms with Crippen molar-refractivity contribution in [2.24, 2.45) is 0 Å². The van der Waals surface area contributed by atoms with Crippen LogP contribution >= 0.6 is 11.6 Å². The predicted octanol–water partition coefficient (Wildman–Crippen LogP) is 2.35. The first kappa shape index (κ1) is 12.7. The molecule has 94 valence electrons. The van der Waals surface area contributed by atoms with Crippen LogP contribution in [0.5, 0.6) is 0 Å². The maximum Gasteiger partial charge on any atom is 0.128 e. The zero-order valence-electron chi connectivity index (χ0n) is 10.7. The van der Waals surface area contributed by atoms with Crippen molar-refractivity contribution in [1.82, 2.24) is 9.88 Å². The Hall–Kier alpha value is -0.800. The molecule has 0 amide bonds. The highest BCUT2D eigenvalue weighted by molar-refractivity contribution is 6.17. The summed E-state index contributed by atoms with van der Waals surface area (Å²) < 4.78 is 0. The highest BCUT2D eigenvalue weighted by Crippen LogP contribution is 2.20. The second-order valence-electron chi connectivity index (χ2n) is 4.92. The number of alkyl halides is 1. The first-order valence-corrected chi connectivity index (χ1v) is 6.63. The van der Waals surface area contributed by atoms with E-state index in [1.54, 1.807) is 0 Å². The molecule has 2 rings (SSSR count). The molecule has 1 fully saturated rings. The van der Waals surface area contributed by atoms with E-state index in [1.165, 1.54) is 0 Å². The van der Waals surface area contributed by atoms with Crippen molar-refractivity contribution in [1.29, 1.82) is 0 Å². The van der Waals surface area contributed by atoms with E-state index in [2.05, 4.69) is 41.7 Å². The van der Waals surface area contributed by atoms with Crippen molar-refractivity contribution in [3.05, 3.63) is 23.9 Å². The van der Waals surface area contributed by atoms with Crippen molar-refractivity contribution < 1.29 is 0 Å². The van der Waals surface area contributed by atoms with E-state index >= 15 is 0 Å². The highest BCUT2D eigenvalue weighted by atomic mass is 35.5. The van der Waals surface area contributed by atoms with Crippen LogP contribution in [0.15, 0.2) is 18.3 Å². The van der Waals surface area contributed by atoms with Crippen molar-refractivity contribution >= 4 is 17.4 Å². The van der Waals surface area contributed by atoms with Gasteiger partial charge >= 0.3 is 0 Å². The number of hydrogen-bond acceptors (Lipinski definition) is 3. The monoisotopic (exact) mass is 253 g/mol. The third-order valence-electron chi connectivity index (χ3n) is 3.65. The van der Waals surface area contributed by atoms with Gasteiger partial charge in [-0.15, -0.1) is 11.6 Å². The molecule has 0 aliphatic carbocycles. The normalized spacial score (nSPS) is 26.2. The van der Waals surface area contributed by atoms with Crippen LogP contribution in [0.3, 0.4) is 0 Å². The summed E-state index contributed by atoms with van der Waals surface area (Å²) in [7, 11) is 2.19. The summed E-state index contributed by atoms with van der Waals surface area (Å²) >= 11 is 5.86. The van der Waals surface area contributed by atoms with E-state index in [9.17, 15) is 0 Å². The molecule has 0 N–H and O–H groups in total. The van der Waals surface area contributed by atoms with E-state index in [-0.39, 0.29) is 0 Å². The Morgan fingerprint density at radius 1 is 1.35 bits per heavy atom. The van der Waals surface area contributed by atoms with Crippen molar-refractivity contribution in [2.75, 3.05) is 25.0 Å². The van der Waals surface area contributed by atoms with Gasteiger partial charge in [-0.3, -0.25) is 4.90 Å². The smallest absolute Gasteiger partial charge is 0.128 e. The second kappa shape index (κ2) is 5.23. The van der Waals surface area contributed by atoms with Gasteiger partial charge in [0.05, 0.1) is 0 Å². The lowest BCUT2D eigenvalue weighted by molar-refractivity contribution is 0.169. The zero-order chi connectivity index (χ0) is 12.4. The third kappa shape index (κ3) is 2.72. The molecule has 17 heavy (non-hydrogen) atoms. The maximum absolute atomic E-state index is 5.86. The van der Waals surface area contributed by atoms with Crippen molar-refractivity contribution in [3.63, 3.8) is 0 Å². The lowest BCUT2D eigenvalue weighted by atomic mass is 10.1. The summed E-state index contributed by atoms with van der Waals surface area (Å²) in [4.78, 5) is 9.22. The summed E-state index contributed by atoms with van der Waals surface area (Å²) in [5.74, 6) is 1.60. The molecular formula is C13H20ClN3. The van der Waals surface area contributed by atoms with Crippen molar-refractivity contribution in [3.8, 4) is 0 Å². The molecule has 1 saturated heterocycles. The Bertz CT molecular complexity index is 371. The number of halogens is 1. The van der Waals surface area contributed by atoms with Crippen LogP contribution in [0.4, 0.5) is 5.82 Å². The van der Waals surface area contributed by atoms with Crippen LogP contribution in [0.25, 0.3) is 0 Å². The zero-order valence-corrected chi connectivity index (χ0v) is 11.5.